The number of aliphatic hydroxyl groups excluding tert-OH is 1. The van der Waals surface area contributed by atoms with Crippen LogP contribution in [0.4, 0.5) is 17.1 Å². The molecule has 5 N–H and O–H groups in total. The molecule has 1 aliphatic rings. The molecule has 11 nitrogen and oxygen atoms in total. The van der Waals surface area contributed by atoms with Crippen LogP contribution in [-0.2, 0) is 10.1 Å². The van der Waals surface area contributed by atoms with Gasteiger partial charge in [0.2, 0.25) is 0 Å². The van der Waals surface area contributed by atoms with Crippen molar-refractivity contribution in [2.24, 2.45) is 10.2 Å². The summed E-state index contributed by atoms with van der Waals surface area (Å²) in [5.41, 5.74) is 11.4. The average Bonchev–Trinajstić information content (AvgIpc) is 2.46. The predicted molar refractivity (Wildman–Crippen MR) is 82.4 cm³/mol. The molecule has 0 aliphatic heterocycles. The summed E-state index contributed by atoms with van der Waals surface area (Å²) in [7, 11) is -5.41. The predicted octanol–water partition coefficient (Wildman–Crippen LogP) is -2.73. The van der Waals surface area contributed by atoms with Crippen LogP contribution < -0.4 is 41.0 Å². The van der Waals surface area contributed by atoms with Crippen LogP contribution >= 0.6 is 0 Å². The van der Waals surface area contributed by atoms with Gasteiger partial charge in [-0.3, -0.25) is 10.1 Å². The van der Waals surface area contributed by atoms with E-state index in [-0.39, 0.29) is 40.9 Å². The quantitative estimate of drug-likeness (QED) is 0.0955. The summed E-state index contributed by atoms with van der Waals surface area (Å²) in [6, 6.07) is 4.27. The third-order valence-electron chi connectivity index (χ3n) is 3.19. The average molecular weight is 377 g/mol. The second-order valence-corrected chi connectivity index (χ2v) is 6.42. The molecular formula is C12H12N5NaO6S. The van der Waals surface area contributed by atoms with Crippen LogP contribution in [0.15, 0.2) is 52.4 Å². The minimum Gasteiger partial charge on any atom is -0.742 e. The number of azo groups is 1. The van der Waals surface area contributed by atoms with Crippen molar-refractivity contribution in [1.82, 2.24) is 0 Å². The van der Waals surface area contributed by atoms with Gasteiger partial charge in [0.1, 0.15) is 17.5 Å². The minimum absolute atomic E-state index is 0. The van der Waals surface area contributed by atoms with Crippen molar-refractivity contribution < 1.29 is 52.6 Å². The molecule has 128 valence electrons. The third-order valence-corrected chi connectivity index (χ3v) is 4.39. The maximum absolute atomic E-state index is 11.3. The fourth-order valence-corrected chi connectivity index (χ4v) is 2.59. The number of benzene rings is 1. The summed E-state index contributed by atoms with van der Waals surface area (Å²) >= 11 is 0. The first-order valence-corrected chi connectivity index (χ1v) is 7.74. The number of aliphatic hydroxyl groups is 1. The Hall–Kier alpha value is -1.83. The van der Waals surface area contributed by atoms with Crippen LogP contribution in [0.5, 0.6) is 0 Å². The molecule has 25 heavy (non-hydrogen) atoms. The van der Waals surface area contributed by atoms with Crippen LogP contribution in [0, 0.1) is 10.1 Å². The third kappa shape index (κ3) is 4.23. The van der Waals surface area contributed by atoms with Crippen molar-refractivity contribution in [3.63, 3.8) is 0 Å². The molecular weight excluding hydrogens is 365 g/mol. The Balaban J connectivity index is 0.00000312. The molecule has 2 rings (SSSR count). The summed E-state index contributed by atoms with van der Waals surface area (Å²) in [4.78, 5) is 6.73. The molecule has 1 aliphatic carbocycles. The molecule has 0 radical (unpaired) electrons. The van der Waals surface area contributed by atoms with Crippen LogP contribution in [0.2, 0.25) is 0 Å². The van der Waals surface area contributed by atoms with Gasteiger partial charge in [0.25, 0.3) is 0 Å². The standard InChI is InChI=1S/C12H13N5O6S.Na/c13-7-1-2-9(8(14)5-7)15-16-10-6-12(17(19)20,24(21,22)23)4-3-11(10)18;/h1-6,11,18H,13-14H2,(H,21,22,23);/q;+1/p-1. The first-order chi connectivity index (χ1) is 11.1. The topological polar surface area (TPSA) is 197 Å². The number of nitrogen functional groups attached to an aromatic ring is 2. The SMILES string of the molecule is Nc1ccc(N=NC2=CC([N+](=O)[O-])(S(=O)(=O)[O-])C=CC2O)c(N)c1.[Na+]. The van der Waals surface area contributed by atoms with E-state index in [1.165, 1.54) is 18.2 Å². The number of nitrogens with zero attached hydrogens (tertiary/aromatic N) is 3. The van der Waals surface area contributed by atoms with Crippen LogP contribution in [0.1, 0.15) is 0 Å². The monoisotopic (exact) mass is 377 g/mol. The molecule has 0 aromatic heterocycles. The van der Waals surface area contributed by atoms with Crippen molar-refractivity contribution in [2.75, 3.05) is 11.5 Å². The van der Waals surface area contributed by atoms with Gasteiger partial charge in [0, 0.05) is 17.8 Å². The van der Waals surface area contributed by atoms with Gasteiger partial charge in [-0.2, -0.15) is 5.11 Å². The summed E-state index contributed by atoms with van der Waals surface area (Å²) in [6.45, 7) is 0. The van der Waals surface area contributed by atoms with Gasteiger partial charge in [-0.1, -0.05) is 0 Å². The molecule has 13 heteroatoms. The molecule has 1 aromatic carbocycles. The van der Waals surface area contributed by atoms with E-state index in [1.807, 2.05) is 0 Å². The van der Waals surface area contributed by atoms with Gasteiger partial charge >= 0.3 is 34.4 Å². The Kier molecular flexibility index (Phi) is 6.44. The zero-order valence-corrected chi connectivity index (χ0v) is 15.8. The fraction of sp³-hybridized carbons (Fsp3) is 0.167. The summed E-state index contributed by atoms with van der Waals surface area (Å²) in [5.74, 6) is 0. The van der Waals surface area contributed by atoms with E-state index >= 15 is 0 Å². The van der Waals surface area contributed by atoms with Crippen molar-refractivity contribution in [1.29, 1.82) is 0 Å². The van der Waals surface area contributed by atoms with Gasteiger partial charge in [0.15, 0.2) is 10.1 Å². The normalized spacial score (nSPS) is 23.1. The van der Waals surface area contributed by atoms with Gasteiger partial charge in [0.05, 0.1) is 10.6 Å². The fourth-order valence-electron chi connectivity index (χ4n) is 1.90. The summed E-state index contributed by atoms with van der Waals surface area (Å²) in [5, 5.41) is 28.1. The Morgan fingerprint density at radius 1 is 1.28 bits per heavy atom. The summed E-state index contributed by atoms with van der Waals surface area (Å²) in [6.07, 6.45) is 0.241. The van der Waals surface area contributed by atoms with Crippen molar-refractivity contribution in [3.05, 3.63) is 52.2 Å². The smallest absolute Gasteiger partial charge is 0.742 e. The molecule has 0 spiro atoms. The Labute approximate surface area is 164 Å². The van der Waals surface area contributed by atoms with E-state index in [4.69, 9.17) is 11.5 Å². The molecule has 0 saturated heterocycles. The van der Waals surface area contributed by atoms with Crippen LogP contribution in [-0.4, -0.2) is 34.0 Å². The molecule has 0 amide bonds. The molecule has 0 heterocycles. The number of rotatable bonds is 4. The summed E-state index contributed by atoms with van der Waals surface area (Å²) < 4.78 is 33.9. The van der Waals surface area contributed by atoms with Gasteiger partial charge < -0.3 is 21.1 Å². The van der Waals surface area contributed by atoms with Crippen LogP contribution in [0.3, 0.4) is 0 Å². The van der Waals surface area contributed by atoms with E-state index in [0.717, 1.165) is 6.08 Å². The molecule has 2 atom stereocenters. The number of anilines is 2. The van der Waals surface area contributed by atoms with E-state index in [9.17, 15) is 28.2 Å². The number of nitro groups is 1. The van der Waals surface area contributed by atoms with Gasteiger partial charge in [-0.05, 0) is 24.3 Å². The zero-order chi connectivity index (χ0) is 18.1. The molecule has 2 unspecified atom stereocenters. The first-order valence-electron chi connectivity index (χ1n) is 6.34. The van der Waals surface area contributed by atoms with Crippen molar-refractivity contribution in [2.45, 2.75) is 11.0 Å². The Bertz CT molecular complexity index is 884. The Morgan fingerprint density at radius 2 is 1.92 bits per heavy atom. The number of hydrogen-bond donors (Lipinski definition) is 3. The second kappa shape index (κ2) is 7.59. The van der Waals surface area contributed by atoms with E-state index in [1.54, 1.807) is 0 Å². The minimum atomic E-state index is -5.41. The maximum Gasteiger partial charge on any atom is 1.00 e. The van der Waals surface area contributed by atoms with E-state index < -0.39 is 31.7 Å². The van der Waals surface area contributed by atoms with E-state index in [0.29, 0.717) is 17.8 Å². The van der Waals surface area contributed by atoms with E-state index in [2.05, 4.69) is 10.2 Å². The second-order valence-electron chi connectivity index (χ2n) is 4.85. The van der Waals surface area contributed by atoms with Gasteiger partial charge in [-0.15, -0.1) is 5.11 Å². The maximum atomic E-state index is 11.3. The first kappa shape index (κ1) is 21.2. The number of nitrogens with two attached hydrogens (primary N) is 2. The van der Waals surface area contributed by atoms with Crippen LogP contribution in [0.25, 0.3) is 0 Å². The number of hydrogen-bond acceptors (Lipinski definition) is 10. The van der Waals surface area contributed by atoms with Crippen molar-refractivity contribution in [3.8, 4) is 0 Å². The largest absolute Gasteiger partial charge is 1.00 e. The van der Waals surface area contributed by atoms with Gasteiger partial charge in [-0.25, -0.2) is 8.42 Å². The molecule has 0 bridgehead atoms. The molecule has 0 saturated carbocycles. The molecule has 1 aromatic rings. The Morgan fingerprint density at radius 3 is 2.44 bits per heavy atom. The molecule has 0 fully saturated rings. The zero-order valence-electron chi connectivity index (χ0n) is 12.9. The van der Waals surface area contributed by atoms with Crippen molar-refractivity contribution >= 4 is 27.2 Å².